The molecule has 13 heavy (non-hydrogen) atoms. The van der Waals surface area contributed by atoms with Gasteiger partial charge in [0.25, 0.3) is 0 Å². The molecule has 0 aliphatic carbocycles. The molecule has 0 aliphatic heterocycles. The quantitative estimate of drug-likeness (QED) is 0.468. The molecule has 74 valence electrons. The fraction of sp³-hybridized carbons (Fsp3) is 0.625. The Bertz CT molecular complexity index is 230. The smallest absolute Gasteiger partial charge is 0.323 e. The highest BCUT2D eigenvalue weighted by Gasteiger charge is 2.33. The maximum absolute atomic E-state index is 10.7. The van der Waals surface area contributed by atoms with Gasteiger partial charge in [-0.1, -0.05) is 13.8 Å². The van der Waals surface area contributed by atoms with Gasteiger partial charge in [0.1, 0.15) is 12.0 Å². The van der Waals surface area contributed by atoms with E-state index in [0.29, 0.717) is 0 Å². The van der Waals surface area contributed by atoms with E-state index in [-0.39, 0.29) is 0 Å². The molecular weight excluding hydrogens is 174 g/mol. The third-order valence-electron chi connectivity index (χ3n) is 1.66. The summed E-state index contributed by atoms with van der Waals surface area (Å²) in [5.41, 5.74) is 1.45. The summed E-state index contributed by atoms with van der Waals surface area (Å²) in [4.78, 5) is 25.3. The SMILES string of the molecule is CON[C@H](C(=O)O)C(C)(C)C=C=O. The Balaban J connectivity index is 4.70. The summed E-state index contributed by atoms with van der Waals surface area (Å²) in [5, 5.41) is 8.77. The van der Waals surface area contributed by atoms with Crippen LogP contribution in [0.1, 0.15) is 13.8 Å². The minimum atomic E-state index is -1.08. The number of hydrogen-bond acceptors (Lipinski definition) is 4. The lowest BCUT2D eigenvalue weighted by molar-refractivity contribution is -0.146. The normalized spacial score (nSPS) is 13.2. The number of carboxylic acids is 1. The lowest BCUT2D eigenvalue weighted by Crippen LogP contribution is -2.46. The van der Waals surface area contributed by atoms with E-state index in [9.17, 15) is 9.59 Å². The zero-order chi connectivity index (χ0) is 10.5. The molecule has 1 atom stereocenters. The van der Waals surface area contributed by atoms with Crippen molar-refractivity contribution in [3.63, 3.8) is 0 Å². The number of carbonyl (C=O) groups excluding carboxylic acids is 1. The third-order valence-corrected chi connectivity index (χ3v) is 1.66. The van der Waals surface area contributed by atoms with Gasteiger partial charge in [0.2, 0.25) is 0 Å². The van der Waals surface area contributed by atoms with Gasteiger partial charge < -0.3 is 9.94 Å². The molecule has 0 saturated heterocycles. The van der Waals surface area contributed by atoms with Crippen LogP contribution in [0, 0.1) is 5.41 Å². The van der Waals surface area contributed by atoms with Gasteiger partial charge in [-0.2, -0.15) is 5.48 Å². The van der Waals surface area contributed by atoms with Crippen LogP contribution in [0.3, 0.4) is 0 Å². The van der Waals surface area contributed by atoms with Gasteiger partial charge in [0, 0.05) is 11.5 Å². The van der Waals surface area contributed by atoms with Gasteiger partial charge in [-0.15, -0.1) is 0 Å². The van der Waals surface area contributed by atoms with Crippen molar-refractivity contribution < 1.29 is 19.5 Å². The average Bonchev–Trinajstić information content (AvgIpc) is 1.99. The molecule has 0 unspecified atom stereocenters. The molecule has 0 amide bonds. The summed E-state index contributed by atoms with van der Waals surface area (Å²) < 4.78 is 0. The van der Waals surface area contributed by atoms with Crippen molar-refractivity contribution in [3.8, 4) is 0 Å². The van der Waals surface area contributed by atoms with Gasteiger partial charge in [-0.3, -0.25) is 4.79 Å². The first-order chi connectivity index (χ1) is 5.95. The van der Waals surface area contributed by atoms with Crippen LogP contribution in [-0.4, -0.2) is 30.2 Å². The van der Waals surface area contributed by atoms with Crippen LogP contribution in [0.25, 0.3) is 0 Å². The van der Waals surface area contributed by atoms with Crippen LogP contribution >= 0.6 is 0 Å². The third kappa shape index (κ3) is 3.38. The number of hydroxylamine groups is 1. The second kappa shape index (κ2) is 4.77. The summed E-state index contributed by atoms with van der Waals surface area (Å²) in [6, 6.07) is -0.973. The highest BCUT2D eigenvalue weighted by atomic mass is 16.6. The maximum Gasteiger partial charge on any atom is 0.323 e. The van der Waals surface area contributed by atoms with E-state index in [2.05, 4.69) is 10.3 Å². The number of carbonyl (C=O) groups is 1. The monoisotopic (exact) mass is 187 g/mol. The molecule has 5 heteroatoms. The molecule has 0 aromatic heterocycles. The first-order valence-electron chi connectivity index (χ1n) is 3.69. The molecule has 0 bridgehead atoms. The maximum atomic E-state index is 10.7. The fourth-order valence-corrected chi connectivity index (χ4v) is 0.874. The average molecular weight is 187 g/mol. The van der Waals surface area contributed by atoms with Crippen molar-refractivity contribution in [3.05, 3.63) is 6.08 Å². The zero-order valence-corrected chi connectivity index (χ0v) is 7.83. The summed E-state index contributed by atoms with van der Waals surface area (Å²) >= 11 is 0. The van der Waals surface area contributed by atoms with Crippen molar-refractivity contribution in [1.82, 2.24) is 5.48 Å². The number of hydrogen-bond donors (Lipinski definition) is 2. The molecule has 2 N–H and O–H groups in total. The summed E-state index contributed by atoms with van der Waals surface area (Å²) in [6.07, 6.45) is 1.15. The predicted molar refractivity (Wildman–Crippen MR) is 45.6 cm³/mol. The van der Waals surface area contributed by atoms with E-state index in [1.165, 1.54) is 7.11 Å². The fourth-order valence-electron chi connectivity index (χ4n) is 0.874. The Hall–Kier alpha value is -1.16. The first kappa shape index (κ1) is 11.8. The Morgan fingerprint density at radius 3 is 2.54 bits per heavy atom. The summed E-state index contributed by atoms with van der Waals surface area (Å²) in [5.74, 6) is 0.483. The van der Waals surface area contributed by atoms with Crippen molar-refractivity contribution >= 4 is 11.9 Å². The summed E-state index contributed by atoms with van der Waals surface area (Å²) in [6.45, 7) is 3.20. The Labute approximate surface area is 76.3 Å². The second-order valence-electron chi connectivity index (χ2n) is 3.18. The van der Waals surface area contributed by atoms with Crippen LogP contribution in [0.15, 0.2) is 6.08 Å². The minimum absolute atomic E-state index is 0.844. The van der Waals surface area contributed by atoms with E-state index < -0.39 is 17.4 Å². The molecular formula is C8H13NO4. The predicted octanol–water partition coefficient (Wildman–Crippen LogP) is 0.00460. The Morgan fingerprint density at radius 1 is 1.69 bits per heavy atom. The van der Waals surface area contributed by atoms with Gasteiger partial charge >= 0.3 is 5.97 Å². The molecule has 0 rings (SSSR count). The lowest BCUT2D eigenvalue weighted by atomic mass is 9.85. The van der Waals surface area contributed by atoms with Gasteiger partial charge in [-0.25, -0.2) is 4.79 Å². The Kier molecular flexibility index (Phi) is 4.34. The number of aliphatic carboxylic acids is 1. The number of nitrogens with one attached hydrogen (secondary N) is 1. The van der Waals surface area contributed by atoms with Crippen LogP contribution in [-0.2, 0) is 14.4 Å². The van der Waals surface area contributed by atoms with Crippen LogP contribution < -0.4 is 5.48 Å². The highest BCUT2D eigenvalue weighted by Crippen LogP contribution is 2.21. The molecule has 0 aliphatic rings. The lowest BCUT2D eigenvalue weighted by Gasteiger charge is -2.26. The van der Waals surface area contributed by atoms with E-state index in [0.717, 1.165) is 6.08 Å². The summed E-state index contributed by atoms with van der Waals surface area (Å²) in [7, 11) is 1.32. The van der Waals surface area contributed by atoms with E-state index in [1.54, 1.807) is 19.8 Å². The molecule has 0 aromatic rings. The first-order valence-corrected chi connectivity index (χ1v) is 3.69. The van der Waals surface area contributed by atoms with Crippen molar-refractivity contribution in [2.75, 3.05) is 7.11 Å². The van der Waals surface area contributed by atoms with Gasteiger partial charge in [0.15, 0.2) is 0 Å². The highest BCUT2D eigenvalue weighted by molar-refractivity contribution is 5.75. The molecule has 0 aromatic carbocycles. The number of carboxylic acid groups (broad SMARTS) is 1. The van der Waals surface area contributed by atoms with E-state index >= 15 is 0 Å². The molecule has 0 spiro atoms. The zero-order valence-electron chi connectivity index (χ0n) is 7.83. The molecule has 5 nitrogen and oxygen atoms in total. The largest absolute Gasteiger partial charge is 0.480 e. The van der Waals surface area contributed by atoms with Crippen molar-refractivity contribution in [1.29, 1.82) is 0 Å². The topological polar surface area (TPSA) is 75.6 Å². The number of rotatable bonds is 5. The molecule has 0 fully saturated rings. The second-order valence-corrected chi connectivity index (χ2v) is 3.18. The standard InChI is InChI=1S/C8H13NO4/c1-8(2,4-5-10)6(7(11)12)9-13-3/h4,6,9H,1-3H3,(H,11,12)/t6-/m1/s1. The van der Waals surface area contributed by atoms with Gasteiger partial charge in [-0.05, 0) is 0 Å². The molecule has 0 saturated carbocycles. The molecule has 0 radical (unpaired) electrons. The van der Waals surface area contributed by atoms with Crippen LogP contribution in [0.2, 0.25) is 0 Å². The van der Waals surface area contributed by atoms with E-state index in [4.69, 9.17) is 5.11 Å². The Morgan fingerprint density at radius 2 is 2.23 bits per heavy atom. The van der Waals surface area contributed by atoms with Crippen LogP contribution in [0.5, 0.6) is 0 Å². The van der Waals surface area contributed by atoms with Crippen LogP contribution in [0.4, 0.5) is 0 Å². The van der Waals surface area contributed by atoms with Crippen molar-refractivity contribution in [2.45, 2.75) is 19.9 Å². The van der Waals surface area contributed by atoms with Crippen molar-refractivity contribution in [2.24, 2.45) is 5.41 Å². The minimum Gasteiger partial charge on any atom is -0.480 e. The van der Waals surface area contributed by atoms with Gasteiger partial charge in [0.05, 0.1) is 7.11 Å². The van der Waals surface area contributed by atoms with E-state index in [1.807, 2.05) is 0 Å². The molecule has 0 heterocycles.